The predicted molar refractivity (Wildman–Crippen MR) is 100 cm³/mol. The van der Waals surface area contributed by atoms with E-state index in [9.17, 15) is 4.79 Å². The summed E-state index contributed by atoms with van der Waals surface area (Å²) in [5.74, 6) is -0.571. The minimum atomic E-state index is -1.29. The second kappa shape index (κ2) is 7.51. The molecule has 0 aliphatic heterocycles. The number of benzene rings is 2. The van der Waals surface area contributed by atoms with Gasteiger partial charge in [-0.2, -0.15) is 0 Å². The number of nitrogens with one attached hydrogen (secondary N) is 2. The molecule has 0 aliphatic carbocycles. The van der Waals surface area contributed by atoms with Gasteiger partial charge in [0.1, 0.15) is 5.75 Å². The molecule has 7 heteroatoms. The van der Waals surface area contributed by atoms with Crippen LogP contribution in [0, 0.1) is 0 Å². The SMILES string of the molecule is CC(C)(Oc1ccc(NC(=S)Nc2cccc(Cl)c2)cc1)C(=O)O. The molecule has 0 heterocycles. The lowest BCUT2D eigenvalue weighted by molar-refractivity contribution is -0.152. The number of hydrogen-bond donors (Lipinski definition) is 3. The van der Waals surface area contributed by atoms with E-state index >= 15 is 0 Å². The second-order valence-electron chi connectivity index (χ2n) is 5.53. The van der Waals surface area contributed by atoms with E-state index in [0.717, 1.165) is 11.4 Å². The van der Waals surface area contributed by atoms with Gasteiger partial charge in [-0.1, -0.05) is 17.7 Å². The zero-order chi connectivity index (χ0) is 17.7. The number of rotatable bonds is 5. The van der Waals surface area contributed by atoms with Crippen molar-refractivity contribution in [3.8, 4) is 5.75 Å². The average Bonchev–Trinajstić information content (AvgIpc) is 2.48. The van der Waals surface area contributed by atoms with Gasteiger partial charge in [-0.15, -0.1) is 0 Å². The van der Waals surface area contributed by atoms with Gasteiger partial charge >= 0.3 is 5.97 Å². The topological polar surface area (TPSA) is 70.6 Å². The molecule has 0 fully saturated rings. The van der Waals surface area contributed by atoms with Gasteiger partial charge in [0.05, 0.1) is 0 Å². The molecule has 2 aromatic rings. The normalized spacial score (nSPS) is 10.8. The van der Waals surface area contributed by atoms with E-state index in [4.69, 9.17) is 33.7 Å². The Hall–Kier alpha value is -2.31. The Morgan fingerprint density at radius 3 is 2.33 bits per heavy atom. The van der Waals surface area contributed by atoms with Gasteiger partial charge in [-0.3, -0.25) is 0 Å². The molecule has 0 bridgehead atoms. The van der Waals surface area contributed by atoms with E-state index in [1.165, 1.54) is 13.8 Å². The first-order chi connectivity index (χ1) is 11.3. The average molecular weight is 365 g/mol. The number of carboxylic acids is 1. The summed E-state index contributed by atoms with van der Waals surface area (Å²) in [6, 6.07) is 14.1. The van der Waals surface area contributed by atoms with Crippen molar-refractivity contribution in [1.29, 1.82) is 0 Å². The number of carbonyl (C=O) groups is 1. The van der Waals surface area contributed by atoms with Gasteiger partial charge in [-0.25, -0.2) is 4.79 Å². The highest BCUT2D eigenvalue weighted by Crippen LogP contribution is 2.21. The van der Waals surface area contributed by atoms with Gasteiger partial charge < -0.3 is 20.5 Å². The third-order valence-corrected chi connectivity index (χ3v) is 3.52. The first-order valence-electron chi connectivity index (χ1n) is 7.12. The zero-order valence-electron chi connectivity index (χ0n) is 13.2. The monoisotopic (exact) mass is 364 g/mol. The Balaban J connectivity index is 1.96. The molecule has 0 aromatic heterocycles. The summed E-state index contributed by atoms with van der Waals surface area (Å²) in [6.07, 6.45) is 0. The lowest BCUT2D eigenvalue weighted by atomic mass is 10.1. The van der Waals surface area contributed by atoms with Gasteiger partial charge in [-0.05, 0) is 68.5 Å². The van der Waals surface area contributed by atoms with Crippen molar-refractivity contribution in [1.82, 2.24) is 0 Å². The maximum Gasteiger partial charge on any atom is 0.347 e. The summed E-state index contributed by atoms with van der Waals surface area (Å²) in [4.78, 5) is 11.1. The number of anilines is 2. The largest absolute Gasteiger partial charge is 0.478 e. The minimum absolute atomic E-state index is 0.414. The molecule has 0 amide bonds. The standard InChI is InChI=1S/C17H17ClN2O3S/c1-17(2,15(21)22)23-14-8-6-12(7-9-14)19-16(24)20-13-5-3-4-11(18)10-13/h3-10H,1-2H3,(H,21,22)(H2,19,20,24). The van der Waals surface area contributed by atoms with Crippen molar-refractivity contribution in [2.24, 2.45) is 0 Å². The molecule has 0 radical (unpaired) electrons. The molecule has 2 rings (SSSR count). The number of halogens is 1. The number of ether oxygens (including phenoxy) is 1. The summed E-state index contributed by atoms with van der Waals surface area (Å²) in [5.41, 5.74) is 0.233. The Labute approximate surface area is 150 Å². The third kappa shape index (κ3) is 5.11. The fraction of sp³-hybridized carbons (Fsp3) is 0.176. The van der Waals surface area contributed by atoms with E-state index in [1.54, 1.807) is 36.4 Å². The summed E-state index contributed by atoms with van der Waals surface area (Å²) >= 11 is 11.2. The van der Waals surface area contributed by atoms with Crippen LogP contribution in [0.2, 0.25) is 5.02 Å². The van der Waals surface area contributed by atoms with Crippen molar-refractivity contribution in [3.05, 3.63) is 53.6 Å². The maximum absolute atomic E-state index is 11.1. The van der Waals surface area contributed by atoms with E-state index in [1.807, 2.05) is 12.1 Å². The Morgan fingerprint density at radius 1 is 1.12 bits per heavy atom. The minimum Gasteiger partial charge on any atom is -0.478 e. The molecule has 0 saturated heterocycles. The lowest BCUT2D eigenvalue weighted by Crippen LogP contribution is -2.37. The molecular formula is C17H17ClN2O3S. The third-order valence-electron chi connectivity index (χ3n) is 3.08. The van der Waals surface area contributed by atoms with Crippen LogP contribution in [0.25, 0.3) is 0 Å². The summed E-state index contributed by atoms with van der Waals surface area (Å²) in [7, 11) is 0. The fourth-order valence-electron chi connectivity index (χ4n) is 1.80. The van der Waals surface area contributed by atoms with E-state index in [2.05, 4.69) is 10.6 Å². The molecule has 0 aliphatic rings. The highest BCUT2D eigenvalue weighted by molar-refractivity contribution is 7.80. The molecule has 5 nitrogen and oxygen atoms in total. The lowest BCUT2D eigenvalue weighted by Gasteiger charge is -2.21. The van der Waals surface area contributed by atoms with Crippen molar-refractivity contribution in [3.63, 3.8) is 0 Å². The van der Waals surface area contributed by atoms with Gasteiger partial charge in [0.2, 0.25) is 0 Å². The van der Waals surface area contributed by atoms with Crippen LogP contribution in [0.3, 0.4) is 0 Å². The number of thiocarbonyl (C=S) groups is 1. The number of aliphatic carboxylic acids is 1. The summed E-state index contributed by atoms with van der Waals surface area (Å²) in [5, 5.41) is 16.1. The van der Waals surface area contributed by atoms with Crippen LogP contribution in [0.4, 0.5) is 11.4 Å². The van der Waals surface area contributed by atoms with Crippen LogP contribution in [0.5, 0.6) is 5.75 Å². The maximum atomic E-state index is 11.1. The molecule has 0 unspecified atom stereocenters. The molecule has 0 spiro atoms. The van der Waals surface area contributed by atoms with Gasteiger partial charge in [0.25, 0.3) is 0 Å². The summed E-state index contributed by atoms with van der Waals surface area (Å²) < 4.78 is 5.44. The van der Waals surface area contributed by atoms with Crippen LogP contribution in [0.15, 0.2) is 48.5 Å². The molecule has 24 heavy (non-hydrogen) atoms. The van der Waals surface area contributed by atoms with Crippen LogP contribution in [-0.2, 0) is 4.79 Å². The highest BCUT2D eigenvalue weighted by atomic mass is 35.5. The predicted octanol–water partition coefficient (Wildman–Crippen LogP) is 4.39. The first-order valence-corrected chi connectivity index (χ1v) is 7.91. The quantitative estimate of drug-likeness (QED) is 0.683. The van der Waals surface area contributed by atoms with E-state index in [0.29, 0.717) is 15.9 Å². The molecule has 126 valence electrons. The number of hydrogen-bond acceptors (Lipinski definition) is 3. The van der Waals surface area contributed by atoms with Gasteiger partial charge in [0, 0.05) is 16.4 Å². The second-order valence-corrected chi connectivity index (χ2v) is 6.38. The van der Waals surface area contributed by atoms with Crippen molar-refractivity contribution in [2.75, 3.05) is 10.6 Å². The molecular weight excluding hydrogens is 348 g/mol. The molecule has 0 saturated carbocycles. The zero-order valence-corrected chi connectivity index (χ0v) is 14.7. The van der Waals surface area contributed by atoms with Crippen molar-refractivity contribution >= 4 is 46.3 Å². The first kappa shape index (κ1) is 18.0. The van der Waals surface area contributed by atoms with Crippen LogP contribution in [-0.4, -0.2) is 21.8 Å². The van der Waals surface area contributed by atoms with Crippen molar-refractivity contribution in [2.45, 2.75) is 19.4 Å². The Bertz CT molecular complexity index is 748. The smallest absolute Gasteiger partial charge is 0.347 e. The van der Waals surface area contributed by atoms with Crippen molar-refractivity contribution < 1.29 is 14.6 Å². The Morgan fingerprint density at radius 2 is 1.75 bits per heavy atom. The van der Waals surface area contributed by atoms with Gasteiger partial charge in [0.15, 0.2) is 10.7 Å². The van der Waals surface area contributed by atoms with E-state index < -0.39 is 11.6 Å². The van der Waals surface area contributed by atoms with Crippen LogP contribution >= 0.6 is 23.8 Å². The fourth-order valence-corrected chi connectivity index (χ4v) is 2.23. The van der Waals surface area contributed by atoms with Crippen LogP contribution < -0.4 is 15.4 Å². The van der Waals surface area contributed by atoms with E-state index in [-0.39, 0.29) is 0 Å². The molecule has 3 N–H and O–H groups in total. The van der Waals surface area contributed by atoms with Crippen LogP contribution in [0.1, 0.15) is 13.8 Å². The number of carboxylic acid groups (broad SMARTS) is 1. The Kier molecular flexibility index (Phi) is 5.64. The molecule has 0 atom stereocenters. The summed E-state index contributed by atoms with van der Waals surface area (Å²) in [6.45, 7) is 2.98. The molecule has 2 aromatic carbocycles. The highest BCUT2D eigenvalue weighted by Gasteiger charge is 2.29.